The Bertz CT molecular complexity index is 804. The molecule has 3 N–H and O–H groups in total. The molecular weight excluding hydrogens is 326 g/mol. The average molecular weight is 353 g/mol. The first-order valence-electron chi connectivity index (χ1n) is 9.11. The van der Waals surface area contributed by atoms with E-state index in [9.17, 15) is 4.79 Å². The van der Waals surface area contributed by atoms with Gasteiger partial charge < -0.3 is 20.7 Å². The Balaban J connectivity index is 1.87. The lowest BCUT2D eigenvalue weighted by Crippen LogP contribution is -2.37. The predicted molar refractivity (Wildman–Crippen MR) is 107 cm³/mol. The van der Waals surface area contributed by atoms with Gasteiger partial charge in [-0.25, -0.2) is 0 Å². The van der Waals surface area contributed by atoms with Crippen molar-refractivity contribution in [3.8, 4) is 5.75 Å². The largest absolute Gasteiger partial charge is 0.497 e. The van der Waals surface area contributed by atoms with E-state index < -0.39 is 0 Å². The summed E-state index contributed by atoms with van der Waals surface area (Å²) in [5.41, 5.74) is 10.2. The van der Waals surface area contributed by atoms with Crippen LogP contribution in [0.2, 0.25) is 0 Å². The van der Waals surface area contributed by atoms with Gasteiger partial charge in [0, 0.05) is 23.8 Å². The van der Waals surface area contributed by atoms with E-state index in [1.165, 1.54) is 19.3 Å². The number of nitrogens with two attached hydrogens (primary N) is 1. The summed E-state index contributed by atoms with van der Waals surface area (Å²) in [6.07, 6.45) is 3.65. The first-order valence-corrected chi connectivity index (χ1v) is 9.11. The van der Waals surface area contributed by atoms with E-state index in [2.05, 4.69) is 24.1 Å². The molecule has 0 bridgehead atoms. The summed E-state index contributed by atoms with van der Waals surface area (Å²) in [4.78, 5) is 15.1. The lowest BCUT2D eigenvalue weighted by molar-refractivity contribution is 0.102. The minimum absolute atomic E-state index is 0.197. The van der Waals surface area contributed by atoms with Crippen molar-refractivity contribution in [3.05, 3.63) is 47.5 Å². The molecule has 3 rings (SSSR count). The molecule has 0 saturated carbocycles. The molecule has 26 heavy (non-hydrogen) atoms. The molecule has 0 spiro atoms. The van der Waals surface area contributed by atoms with Crippen LogP contribution in [0.1, 0.15) is 42.1 Å². The van der Waals surface area contributed by atoms with Crippen LogP contribution in [0.3, 0.4) is 0 Å². The van der Waals surface area contributed by atoms with Gasteiger partial charge >= 0.3 is 0 Å². The fraction of sp³-hybridized carbons (Fsp3) is 0.381. The number of ether oxygens (including phenoxy) is 1. The van der Waals surface area contributed by atoms with Crippen molar-refractivity contribution in [3.63, 3.8) is 0 Å². The van der Waals surface area contributed by atoms with Crippen LogP contribution in [-0.2, 0) is 0 Å². The van der Waals surface area contributed by atoms with Gasteiger partial charge in [-0.2, -0.15) is 0 Å². The molecular formula is C21H27N3O2. The number of amides is 1. The standard InChI is InChI=1S/C21H27N3O2/c1-14-11-18(22)19(13-20(14)24-10-5-4-7-15(24)2)23-21(25)16-8-6-9-17(12-16)26-3/h6,8-9,11-13,15H,4-5,7,10,22H2,1-3H3,(H,23,25). The van der Waals surface area contributed by atoms with E-state index >= 15 is 0 Å². The van der Waals surface area contributed by atoms with Gasteiger partial charge in [0.25, 0.3) is 5.91 Å². The highest BCUT2D eigenvalue weighted by atomic mass is 16.5. The zero-order valence-corrected chi connectivity index (χ0v) is 15.7. The number of piperidine rings is 1. The fourth-order valence-electron chi connectivity index (χ4n) is 3.55. The van der Waals surface area contributed by atoms with E-state index in [-0.39, 0.29) is 5.91 Å². The molecule has 1 saturated heterocycles. The number of rotatable bonds is 4. The maximum atomic E-state index is 12.6. The second kappa shape index (κ2) is 7.68. The zero-order valence-electron chi connectivity index (χ0n) is 15.7. The molecule has 1 fully saturated rings. The van der Waals surface area contributed by atoms with Crippen LogP contribution in [0, 0.1) is 6.92 Å². The van der Waals surface area contributed by atoms with E-state index in [4.69, 9.17) is 10.5 Å². The second-order valence-electron chi connectivity index (χ2n) is 6.95. The SMILES string of the molecule is COc1cccc(C(=O)Nc2cc(N3CCCCC3C)c(C)cc2N)c1. The molecule has 138 valence electrons. The number of hydrogen-bond donors (Lipinski definition) is 2. The Morgan fingerprint density at radius 2 is 2.08 bits per heavy atom. The number of anilines is 3. The molecule has 1 aliphatic heterocycles. The fourth-order valence-corrected chi connectivity index (χ4v) is 3.55. The summed E-state index contributed by atoms with van der Waals surface area (Å²) >= 11 is 0. The van der Waals surface area contributed by atoms with Gasteiger partial charge in [0.05, 0.1) is 18.5 Å². The summed E-state index contributed by atoms with van der Waals surface area (Å²) in [6.45, 7) is 5.36. The number of nitrogens with one attached hydrogen (secondary N) is 1. The number of carbonyl (C=O) groups excluding carboxylic acids is 1. The molecule has 1 atom stereocenters. The molecule has 5 nitrogen and oxygen atoms in total. The van der Waals surface area contributed by atoms with Crippen LogP contribution in [0.5, 0.6) is 5.75 Å². The third kappa shape index (κ3) is 3.77. The minimum Gasteiger partial charge on any atom is -0.497 e. The molecule has 0 radical (unpaired) electrons. The number of carbonyl (C=O) groups is 1. The summed E-state index contributed by atoms with van der Waals surface area (Å²) in [5.74, 6) is 0.453. The number of benzene rings is 2. The van der Waals surface area contributed by atoms with Crippen molar-refractivity contribution in [2.45, 2.75) is 39.2 Å². The number of nitrogens with zero attached hydrogens (tertiary/aromatic N) is 1. The monoisotopic (exact) mass is 353 g/mol. The number of hydrogen-bond acceptors (Lipinski definition) is 4. The van der Waals surface area contributed by atoms with Crippen LogP contribution in [-0.4, -0.2) is 25.6 Å². The Morgan fingerprint density at radius 3 is 2.81 bits per heavy atom. The van der Waals surface area contributed by atoms with Crippen LogP contribution in [0.15, 0.2) is 36.4 Å². The lowest BCUT2D eigenvalue weighted by atomic mass is 10.0. The summed E-state index contributed by atoms with van der Waals surface area (Å²) < 4.78 is 5.19. The van der Waals surface area contributed by atoms with Crippen LogP contribution in [0.4, 0.5) is 17.1 Å². The maximum absolute atomic E-state index is 12.6. The Labute approximate surface area is 155 Å². The number of aryl methyl sites for hydroxylation is 1. The predicted octanol–water partition coefficient (Wildman–Crippen LogP) is 4.22. The van der Waals surface area contributed by atoms with Crippen LogP contribution >= 0.6 is 0 Å². The number of methoxy groups -OCH3 is 1. The molecule has 0 aromatic heterocycles. The van der Waals surface area contributed by atoms with Crippen molar-refractivity contribution in [2.24, 2.45) is 0 Å². The molecule has 5 heteroatoms. The molecule has 1 heterocycles. The number of nitrogen functional groups attached to an aromatic ring is 1. The summed E-state index contributed by atoms with van der Waals surface area (Å²) in [6, 6.07) is 11.5. The van der Waals surface area contributed by atoms with Crippen molar-refractivity contribution in [1.29, 1.82) is 0 Å². The van der Waals surface area contributed by atoms with E-state index in [1.807, 2.05) is 18.2 Å². The first kappa shape index (κ1) is 18.1. The van der Waals surface area contributed by atoms with Crippen LogP contribution in [0.25, 0.3) is 0 Å². The molecule has 0 aliphatic carbocycles. The quantitative estimate of drug-likeness (QED) is 0.808. The topological polar surface area (TPSA) is 67.6 Å². The van der Waals surface area contributed by atoms with Crippen molar-refractivity contribution in [2.75, 3.05) is 29.6 Å². The Hall–Kier alpha value is -2.69. The van der Waals surface area contributed by atoms with Gasteiger partial charge in [-0.3, -0.25) is 4.79 Å². The van der Waals surface area contributed by atoms with Gasteiger partial charge in [0.2, 0.25) is 0 Å². The van der Waals surface area contributed by atoms with Gasteiger partial charge in [-0.1, -0.05) is 6.07 Å². The van der Waals surface area contributed by atoms with Gasteiger partial charge in [0.1, 0.15) is 5.75 Å². The first-order chi connectivity index (χ1) is 12.5. The Kier molecular flexibility index (Phi) is 5.35. The van der Waals surface area contributed by atoms with Crippen molar-refractivity contribution >= 4 is 23.0 Å². The van der Waals surface area contributed by atoms with Gasteiger partial charge in [-0.05, 0) is 69.0 Å². The molecule has 2 aromatic rings. The lowest BCUT2D eigenvalue weighted by Gasteiger charge is -2.36. The van der Waals surface area contributed by atoms with Crippen molar-refractivity contribution in [1.82, 2.24) is 0 Å². The highest BCUT2D eigenvalue weighted by Crippen LogP contribution is 2.33. The van der Waals surface area contributed by atoms with Gasteiger partial charge in [0.15, 0.2) is 0 Å². The van der Waals surface area contributed by atoms with Crippen molar-refractivity contribution < 1.29 is 9.53 Å². The molecule has 1 unspecified atom stereocenters. The summed E-state index contributed by atoms with van der Waals surface area (Å²) in [5, 5.41) is 2.95. The van der Waals surface area contributed by atoms with E-state index in [0.29, 0.717) is 28.7 Å². The molecule has 1 aliphatic rings. The second-order valence-corrected chi connectivity index (χ2v) is 6.95. The highest BCUT2D eigenvalue weighted by molar-refractivity contribution is 6.06. The summed E-state index contributed by atoms with van der Waals surface area (Å²) in [7, 11) is 1.58. The third-order valence-corrected chi connectivity index (χ3v) is 5.06. The Morgan fingerprint density at radius 1 is 1.27 bits per heavy atom. The highest BCUT2D eigenvalue weighted by Gasteiger charge is 2.21. The van der Waals surface area contributed by atoms with Gasteiger partial charge in [-0.15, -0.1) is 0 Å². The van der Waals surface area contributed by atoms with E-state index in [1.54, 1.807) is 25.3 Å². The van der Waals surface area contributed by atoms with Crippen LogP contribution < -0.4 is 20.7 Å². The minimum atomic E-state index is -0.197. The average Bonchev–Trinajstić information content (AvgIpc) is 2.64. The maximum Gasteiger partial charge on any atom is 0.255 e. The molecule has 2 aromatic carbocycles. The third-order valence-electron chi connectivity index (χ3n) is 5.06. The van der Waals surface area contributed by atoms with E-state index in [0.717, 1.165) is 17.8 Å². The zero-order chi connectivity index (χ0) is 18.7. The molecule has 1 amide bonds. The smallest absolute Gasteiger partial charge is 0.255 e. The normalized spacial score (nSPS) is 17.0.